The standard InChI is InChI=1S/C29H42N4O3/c1-4-5-11-26-25(21-12-14-23(15-13-21)36-22-9-7-6-8-10-22)18-27(33-32-26)29(34)31-20(2)24-16-17-30-19-28(24)35-3/h12-15,18,20,22,24,28,30H,4-11,16-17,19H2,1-3H3,(H,31,34)/t20?,24-,28-/m0/s1. The SMILES string of the molecule is CCCCc1nnc(C(=O)NC(C)[C@@H]2CCNC[C@@H]2OC)cc1-c1ccc(OC2CCCCC2)cc1. The van der Waals surface area contributed by atoms with Crippen LogP contribution >= 0.6 is 0 Å². The highest BCUT2D eigenvalue weighted by Gasteiger charge is 2.31. The van der Waals surface area contributed by atoms with E-state index >= 15 is 0 Å². The molecule has 2 fully saturated rings. The van der Waals surface area contributed by atoms with E-state index in [2.05, 4.69) is 46.8 Å². The lowest BCUT2D eigenvalue weighted by Crippen LogP contribution is -2.51. The zero-order valence-electron chi connectivity index (χ0n) is 22.1. The predicted octanol–water partition coefficient (Wildman–Crippen LogP) is 4.94. The molecule has 1 unspecified atom stereocenters. The van der Waals surface area contributed by atoms with Crippen LogP contribution in [0.4, 0.5) is 0 Å². The molecule has 36 heavy (non-hydrogen) atoms. The van der Waals surface area contributed by atoms with Gasteiger partial charge in [0.1, 0.15) is 5.75 Å². The quantitative estimate of drug-likeness (QED) is 0.487. The summed E-state index contributed by atoms with van der Waals surface area (Å²) in [5.41, 5.74) is 3.28. The summed E-state index contributed by atoms with van der Waals surface area (Å²) in [6.45, 7) is 5.95. The Morgan fingerprint density at radius 1 is 1.14 bits per heavy atom. The average Bonchev–Trinajstić information content (AvgIpc) is 2.92. The molecule has 1 saturated heterocycles. The molecule has 1 aromatic carbocycles. The second-order valence-electron chi connectivity index (χ2n) is 10.3. The molecule has 4 rings (SSSR count). The van der Waals surface area contributed by atoms with E-state index in [1.165, 1.54) is 19.3 Å². The second-order valence-corrected chi connectivity index (χ2v) is 10.3. The first kappa shape index (κ1) is 26.6. The molecule has 1 amide bonds. The van der Waals surface area contributed by atoms with Crippen LogP contribution in [0.5, 0.6) is 5.75 Å². The number of hydrogen-bond acceptors (Lipinski definition) is 6. The van der Waals surface area contributed by atoms with Crippen LogP contribution < -0.4 is 15.4 Å². The monoisotopic (exact) mass is 494 g/mol. The van der Waals surface area contributed by atoms with Crippen LogP contribution in [0.15, 0.2) is 30.3 Å². The van der Waals surface area contributed by atoms with Crippen LogP contribution in [0.25, 0.3) is 11.1 Å². The fraction of sp³-hybridized carbons (Fsp3) is 0.621. The van der Waals surface area contributed by atoms with Crippen LogP contribution in [-0.2, 0) is 11.2 Å². The Morgan fingerprint density at radius 3 is 2.64 bits per heavy atom. The Kier molecular flexibility index (Phi) is 9.70. The lowest BCUT2D eigenvalue weighted by Gasteiger charge is -2.35. The Bertz CT molecular complexity index is 975. The van der Waals surface area contributed by atoms with Gasteiger partial charge in [-0.25, -0.2) is 0 Å². The van der Waals surface area contributed by atoms with Gasteiger partial charge < -0.3 is 20.1 Å². The smallest absolute Gasteiger partial charge is 0.272 e. The second kappa shape index (κ2) is 13.2. The summed E-state index contributed by atoms with van der Waals surface area (Å²) in [7, 11) is 1.73. The van der Waals surface area contributed by atoms with E-state index in [-0.39, 0.29) is 24.0 Å². The highest BCUT2D eigenvalue weighted by Crippen LogP contribution is 2.29. The van der Waals surface area contributed by atoms with Crippen LogP contribution in [0.1, 0.15) is 81.4 Å². The molecule has 1 aromatic heterocycles. The molecular weight excluding hydrogens is 452 g/mol. The lowest BCUT2D eigenvalue weighted by molar-refractivity contribution is 0.0204. The molecule has 2 aromatic rings. The van der Waals surface area contributed by atoms with Gasteiger partial charge in [0.15, 0.2) is 5.69 Å². The van der Waals surface area contributed by atoms with E-state index in [0.29, 0.717) is 11.8 Å². The van der Waals surface area contributed by atoms with E-state index in [0.717, 1.165) is 74.2 Å². The summed E-state index contributed by atoms with van der Waals surface area (Å²) in [5.74, 6) is 0.973. The number of rotatable bonds is 10. The molecule has 2 aliphatic rings. The number of carbonyl (C=O) groups excluding carboxylic acids is 1. The molecule has 1 aliphatic carbocycles. The minimum atomic E-state index is -0.191. The van der Waals surface area contributed by atoms with Crippen molar-refractivity contribution in [3.05, 3.63) is 41.7 Å². The van der Waals surface area contributed by atoms with Gasteiger partial charge in [0, 0.05) is 31.2 Å². The third-order valence-electron chi connectivity index (χ3n) is 7.67. The molecule has 7 heteroatoms. The van der Waals surface area contributed by atoms with E-state index in [4.69, 9.17) is 9.47 Å². The third-order valence-corrected chi connectivity index (χ3v) is 7.67. The number of unbranched alkanes of at least 4 members (excludes halogenated alkanes) is 1. The number of methoxy groups -OCH3 is 1. The van der Waals surface area contributed by atoms with E-state index in [1.807, 2.05) is 18.2 Å². The number of aromatic nitrogens is 2. The Labute approximate surface area is 215 Å². The van der Waals surface area contributed by atoms with Crippen molar-refractivity contribution < 1.29 is 14.3 Å². The summed E-state index contributed by atoms with van der Waals surface area (Å²) in [4.78, 5) is 13.2. The van der Waals surface area contributed by atoms with Crippen molar-refractivity contribution in [1.82, 2.24) is 20.8 Å². The molecule has 7 nitrogen and oxygen atoms in total. The zero-order valence-corrected chi connectivity index (χ0v) is 22.1. The predicted molar refractivity (Wildman–Crippen MR) is 142 cm³/mol. The molecule has 0 spiro atoms. The number of aryl methyl sites for hydroxylation is 1. The molecule has 0 radical (unpaired) electrons. The number of carbonyl (C=O) groups is 1. The molecule has 3 atom stereocenters. The van der Waals surface area contributed by atoms with Crippen LogP contribution in [0.3, 0.4) is 0 Å². The van der Waals surface area contributed by atoms with Gasteiger partial charge in [0.2, 0.25) is 0 Å². The summed E-state index contributed by atoms with van der Waals surface area (Å²) in [6.07, 6.45) is 10.4. The minimum Gasteiger partial charge on any atom is -0.490 e. The van der Waals surface area contributed by atoms with Crippen molar-refractivity contribution in [3.8, 4) is 16.9 Å². The van der Waals surface area contributed by atoms with E-state index in [1.54, 1.807) is 7.11 Å². The number of hydrogen-bond donors (Lipinski definition) is 2. The first-order valence-corrected chi connectivity index (χ1v) is 13.8. The minimum absolute atomic E-state index is 0.0224. The largest absolute Gasteiger partial charge is 0.490 e. The highest BCUT2D eigenvalue weighted by molar-refractivity contribution is 5.93. The van der Waals surface area contributed by atoms with Crippen LogP contribution in [0, 0.1) is 5.92 Å². The van der Waals surface area contributed by atoms with Crippen molar-refractivity contribution in [3.63, 3.8) is 0 Å². The Balaban J connectivity index is 1.50. The van der Waals surface area contributed by atoms with Gasteiger partial charge in [-0.15, -0.1) is 5.10 Å². The summed E-state index contributed by atoms with van der Waals surface area (Å²) < 4.78 is 11.9. The first-order valence-electron chi connectivity index (χ1n) is 13.8. The number of nitrogens with one attached hydrogen (secondary N) is 2. The maximum absolute atomic E-state index is 13.2. The van der Waals surface area contributed by atoms with Gasteiger partial charge in [-0.2, -0.15) is 5.10 Å². The van der Waals surface area contributed by atoms with Gasteiger partial charge in [-0.1, -0.05) is 31.9 Å². The lowest BCUT2D eigenvalue weighted by atomic mass is 9.88. The number of piperidine rings is 1. The van der Waals surface area contributed by atoms with Crippen molar-refractivity contribution in [1.29, 1.82) is 0 Å². The third kappa shape index (κ3) is 6.83. The molecule has 1 saturated carbocycles. The zero-order chi connectivity index (χ0) is 25.3. The maximum Gasteiger partial charge on any atom is 0.272 e. The van der Waals surface area contributed by atoms with Gasteiger partial charge in [-0.3, -0.25) is 4.79 Å². The van der Waals surface area contributed by atoms with Crippen LogP contribution in [0.2, 0.25) is 0 Å². The van der Waals surface area contributed by atoms with Crippen molar-refractivity contribution >= 4 is 5.91 Å². The first-order chi connectivity index (χ1) is 17.6. The summed E-state index contributed by atoms with van der Waals surface area (Å²) in [5, 5.41) is 15.3. The molecular formula is C29H42N4O3. The van der Waals surface area contributed by atoms with Crippen LogP contribution in [-0.4, -0.2) is 54.6 Å². The molecule has 1 aliphatic heterocycles. The van der Waals surface area contributed by atoms with Crippen molar-refractivity contribution in [2.24, 2.45) is 5.92 Å². The number of nitrogens with zero attached hydrogens (tertiary/aromatic N) is 2. The van der Waals surface area contributed by atoms with E-state index in [9.17, 15) is 4.79 Å². The number of ether oxygens (including phenoxy) is 2. The maximum atomic E-state index is 13.2. The van der Waals surface area contributed by atoms with Gasteiger partial charge >= 0.3 is 0 Å². The van der Waals surface area contributed by atoms with Crippen molar-refractivity contribution in [2.75, 3.05) is 20.2 Å². The van der Waals surface area contributed by atoms with E-state index < -0.39 is 0 Å². The topological polar surface area (TPSA) is 85.4 Å². The van der Waals surface area contributed by atoms with Gasteiger partial charge in [0.25, 0.3) is 5.91 Å². The number of amides is 1. The average molecular weight is 495 g/mol. The fourth-order valence-corrected chi connectivity index (χ4v) is 5.46. The highest BCUT2D eigenvalue weighted by atomic mass is 16.5. The molecule has 0 bridgehead atoms. The normalized spacial score (nSPS) is 21.6. The fourth-order valence-electron chi connectivity index (χ4n) is 5.46. The molecule has 196 valence electrons. The summed E-state index contributed by atoms with van der Waals surface area (Å²) >= 11 is 0. The van der Waals surface area contributed by atoms with Crippen molar-refractivity contribution in [2.45, 2.75) is 89.9 Å². The Morgan fingerprint density at radius 2 is 1.92 bits per heavy atom. The number of benzene rings is 1. The summed E-state index contributed by atoms with van der Waals surface area (Å²) in [6, 6.07) is 10.1. The Hall–Kier alpha value is -2.51. The molecule has 2 N–H and O–H groups in total. The molecule has 2 heterocycles. The van der Waals surface area contributed by atoms with Gasteiger partial charge in [-0.05, 0) is 82.2 Å². The van der Waals surface area contributed by atoms with Gasteiger partial charge in [0.05, 0.1) is 17.9 Å².